The number of fused-ring (bicyclic) bond motifs is 1. The van der Waals surface area contributed by atoms with Crippen molar-refractivity contribution in [2.75, 3.05) is 13.1 Å². The van der Waals surface area contributed by atoms with E-state index in [1.807, 2.05) is 12.1 Å². The minimum Gasteiger partial charge on any atom is -0.481 e. The van der Waals surface area contributed by atoms with E-state index in [-0.39, 0.29) is 6.42 Å². The second kappa shape index (κ2) is 7.49. The number of benzene rings is 2. The molecule has 0 aromatic heterocycles. The lowest BCUT2D eigenvalue weighted by molar-refractivity contribution is -0.136. The lowest BCUT2D eigenvalue weighted by Gasteiger charge is -2.21. The Morgan fingerprint density at radius 1 is 1.12 bits per heavy atom. The van der Waals surface area contributed by atoms with Gasteiger partial charge in [0.1, 0.15) is 0 Å². The number of nitrogens with zero attached hydrogens (tertiary/aromatic N) is 1. The number of halogens is 1. The predicted molar refractivity (Wildman–Crippen MR) is 99.3 cm³/mol. The largest absolute Gasteiger partial charge is 0.481 e. The van der Waals surface area contributed by atoms with Gasteiger partial charge in [-0.2, -0.15) is 0 Å². The van der Waals surface area contributed by atoms with Crippen LogP contribution in [0, 0.1) is 6.92 Å². The molecule has 126 valence electrons. The SMILES string of the molecule is Cc1cc(CC(=O)O)ccc1CN1CCc2ccc(Br)cc2CC1. The smallest absolute Gasteiger partial charge is 0.307 e. The molecule has 4 heteroatoms. The van der Waals surface area contributed by atoms with Gasteiger partial charge in [-0.3, -0.25) is 9.69 Å². The van der Waals surface area contributed by atoms with Crippen LogP contribution in [-0.2, 0) is 30.6 Å². The van der Waals surface area contributed by atoms with Gasteiger partial charge < -0.3 is 5.11 Å². The van der Waals surface area contributed by atoms with E-state index in [1.165, 1.54) is 22.3 Å². The highest BCUT2D eigenvalue weighted by Crippen LogP contribution is 2.22. The fourth-order valence-corrected chi connectivity index (χ4v) is 3.77. The molecule has 1 aliphatic rings. The van der Waals surface area contributed by atoms with Crippen molar-refractivity contribution in [3.05, 3.63) is 68.7 Å². The second-order valence-corrected chi connectivity index (χ2v) is 7.44. The molecule has 0 amide bonds. The molecule has 0 radical (unpaired) electrons. The summed E-state index contributed by atoms with van der Waals surface area (Å²) in [6.45, 7) is 5.11. The normalized spacial score (nSPS) is 14.9. The van der Waals surface area contributed by atoms with E-state index >= 15 is 0 Å². The van der Waals surface area contributed by atoms with Gasteiger partial charge in [-0.25, -0.2) is 0 Å². The van der Waals surface area contributed by atoms with Gasteiger partial charge >= 0.3 is 5.97 Å². The van der Waals surface area contributed by atoms with Crippen LogP contribution >= 0.6 is 15.9 Å². The molecule has 2 aromatic rings. The highest BCUT2D eigenvalue weighted by atomic mass is 79.9. The van der Waals surface area contributed by atoms with Gasteiger partial charge in [0.25, 0.3) is 0 Å². The van der Waals surface area contributed by atoms with Crippen LogP contribution in [0.2, 0.25) is 0 Å². The summed E-state index contributed by atoms with van der Waals surface area (Å²) in [5.41, 5.74) is 6.24. The molecule has 0 saturated carbocycles. The average Bonchev–Trinajstić information content (AvgIpc) is 2.72. The first kappa shape index (κ1) is 17.2. The van der Waals surface area contributed by atoms with Gasteiger partial charge in [0, 0.05) is 24.1 Å². The van der Waals surface area contributed by atoms with Crippen molar-refractivity contribution in [1.29, 1.82) is 0 Å². The van der Waals surface area contributed by atoms with Crippen LogP contribution in [0.4, 0.5) is 0 Å². The molecule has 3 rings (SSSR count). The zero-order valence-electron chi connectivity index (χ0n) is 13.9. The van der Waals surface area contributed by atoms with E-state index in [1.54, 1.807) is 0 Å². The predicted octanol–water partition coefficient (Wildman–Crippen LogP) is 3.99. The van der Waals surface area contributed by atoms with Crippen LogP contribution in [0.5, 0.6) is 0 Å². The van der Waals surface area contributed by atoms with Crippen LogP contribution in [0.1, 0.15) is 27.8 Å². The first-order valence-electron chi connectivity index (χ1n) is 8.31. The topological polar surface area (TPSA) is 40.5 Å². The van der Waals surface area contributed by atoms with Gasteiger partial charge in [-0.15, -0.1) is 0 Å². The third kappa shape index (κ3) is 4.25. The van der Waals surface area contributed by atoms with Crippen LogP contribution in [-0.4, -0.2) is 29.1 Å². The Hall–Kier alpha value is -1.65. The third-order valence-electron chi connectivity index (χ3n) is 4.72. The van der Waals surface area contributed by atoms with Gasteiger partial charge in [-0.05, 0) is 59.7 Å². The number of carboxylic acids is 1. The summed E-state index contributed by atoms with van der Waals surface area (Å²) >= 11 is 3.56. The standard InChI is InChI=1S/C20H22BrNO2/c1-14-10-15(11-20(23)24)2-3-18(14)13-22-8-6-16-4-5-19(21)12-17(16)7-9-22/h2-5,10,12H,6-9,11,13H2,1H3,(H,23,24). The molecule has 1 N–H and O–H groups in total. The van der Waals surface area contributed by atoms with Crippen molar-refractivity contribution in [2.24, 2.45) is 0 Å². The van der Waals surface area contributed by atoms with E-state index in [0.29, 0.717) is 0 Å². The first-order valence-corrected chi connectivity index (χ1v) is 9.10. The minimum absolute atomic E-state index is 0.0923. The van der Waals surface area contributed by atoms with Gasteiger partial charge in [0.05, 0.1) is 6.42 Å². The maximum atomic E-state index is 10.8. The summed E-state index contributed by atoms with van der Waals surface area (Å²) in [4.78, 5) is 13.3. The van der Waals surface area contributed by atoms with Crippen molar-refractivity contribution in [2.45, 2.75) is 32.7 Å². The highest BCUT2D eigenvalue weighted by Gasteiger charge is 2.15. The molecule has 3 nitrogen and oxygen atoms in total. The summed E-state index contributed by atoms with van der Waals surface area (Å²) in [5.74, 6) is -0.779. The van der Waals surface area contributed by atoms with Crippen molar-refractivity contribution in [1.82, 2.24) is 4.90 Å². The summed E-state index contributed by atoms with van der Waals surface area (Å²) in [5, 5.41) is 8.91. The maximum absolute atomic E-state index is 10.8. The van der Waals surface area contributed by atoms with Gasteiger partial charge in [-0.1, -0.05) is 40.2 Å². The van der Waals surface area contributed by atoms with Crippen molar-refractivity contribution >= 4 is 21.9 Å². The Kier molecular flexibility index (Phi) is 5.36. The quantitative estimate of drug-likeness (QED) is 0.861. The Balaban J connectivity index is 1.68. The van der Waals surface area contributed by atoms with Crippen LogP contribution in [0.3, 0.4) is 0 Å². The van der Waals surface area contributed by atoms with E-state index < -0.39 is 5.97 Å². The first-order chi connectivity index (χ1) is 11.5. The van der Waals surface area contributed by atoms with Gasteiger partial charge in [0.2, 0.25) is 0 Å². The van der Waals surface area contributed by atoms with Crippen LogP contribution in [0.15, 0.2) is 40.9 Å². The number of carbonyl (C=O) groups is 1. The molecule has 1 aliphatic heterocycles. The molecular weight excluding hydrogens is 366 g/mol. The van der Waals surface area contributed by atoms with E-state index in [2.05, 4.69) is 52.0 Å². The zero-order valence-corrected chi connectivity index (χ0v) is 15.5. The Morgan fingerprint density at radius 3 is 2.58 bits per heavy atom. The van der Waals surface area contributed by atoms with Crippen molar-refractivity contribution in [3.63, 3.8) is 0 Å². The molecular formula is C20H22BrNO2. The number of hydrogen-bond acceptors (Lipinski definition) is 2. The molecule has 0 bridgehead atoms. The number of hydrogen-bond donors (Lipinski definition) is 1. The molecule has 2 aromatic carbocycles. The Bertz CT molecular complexity index is 757. The highest BCUT2D eigenvalue weighted by molar-refractivity contribution is 9.10. The molecule has 0 unspecified atom stereocenters. The summed E-state index contributed by atoms with van der Waals surface area (Å²) in [7, 11) is 0. The summed E-state index contributed by atoms with van der Waals surface area (Å²) in [6.07, 6.45) is 2.25. The lowest BCUT2D eigenvalue weighted by Crippen LogP contribution is -2.26. The summed E-state index contributed by atoms with van der Waals surface area (Å²) < 4.78 is 1.15. The lowest BCUT2D eigenvalue weighted by atomic mass is 10.0. The van der Waals surface area contributed by atoms with Crippen LogP contribution in [0.25, 0.3) is 0 Å². The van der Waals surface area contributed by atoms with E-state index in [4.69, 9.17) is 5.11 Å². The molecule has 0 aliphatic carbocycles. The monoisotopic (exact) mass is 387 g/mol. The summed E-state index contributed by atoms with van der Waals surface area (Å²) in [6, 6.07) is 12.6. The maximum Gasteiger partial charge on any atom is 0.307 e. The van der Waals surface area contributed by atoms with Crippen molar-refractivity contribution in [3.8, 4) is 0 Å². The zero-order chi connectivity index (χ0) is 17.1. The fraction of sp³-hybridized carbons (Fsp3) is 0.350. The Labute approximate surface area is 151 Å². The molecule has 24 heavy (non-hydrogen) atoms. The molecule has 1 heterocycles. The van der Waals surface area contributed by atoms with E-state index in [9.17, 15) is 4.79 Å². The van der Waals surface area contributed by atoms with E-state index in [0.717, 1.165) is 42.5 Å². The van der Waals surface area contributed by atoms with Crippen molar-refractivity contribution < 1.29 is 9.90 Å². The van der Waals surface area contributed by atoms with Gasteiger partial charge in [0.15, 0.2) is 0 Å². The molecule has 0 spiro atoms. The molecule has 0 fully saturated rings. The fourth-order valence-electron chi connectivity index (χ4n) is 3.36. The molecule has 0 saturated heterocycles. The number of carboxylic acid groups (broad SMARTS) is 1. The number of aryl methyl sites for hydroxylation is 1. The number of aliphatic carboxylic acids is 1. The Morgan fingerprint density at radius 2 is 1.88 bits per heavy atom. The second-order valence-electron chi connectivity index (χ2n) is 6.52. The third-order valence-corrected chi connectivity index (χ3v) is 5.21. The minimum atomic E-state index is -0.779. The number of rotatable bonds is 4. The van der Waals surface area contributed by atoms with Crippen LogP contribution < -0.4 is 0 Å². The average molecular weight is 388 g/mol. The molecule has 0 atom stereocenters.